The van der Waals surface area contributed by atoms with Crippen molar-refractivity contribution in [2.75, 3.05) is 39.8 Å². The molecule has 3 fully saturated rings. The molecular formula is C12H22N2. The Balaban J connectivity index is 1.47. The molecule has 2 heteroatoms. The zero-order valence-electron chi connectivity index (χ0n) is 9.34. The highest BCUT2D eigenvalue weighted by Crippen LogP contribution is 2.40. The minimum Gasteiger partial charge on any atom is -0.305 e. The quantitative estimate of drug-likeness (QED) is 0.656. The maximum absolute atomic E-state index is 2.71. The van der Waals surface area contributed by atoms with Crippen LogP contribution in [-0.2, 0) is 0 Å². The first-order valence-corrected chi connectivity index (χ1v) is 6.17. The van der Waals surface area contributed by atoms with E-state index in [1.807, 2.05) is 0 Å². The molecule has 0 aromatic heterocycles. The molecule has 2 nitrogen and oxygen atoms in total. The van der Waals surface area contributed by atoms with Crippen molar-refractivity contribution in [3.05, 3.63) is 0 Å². The van der Waals surface area contributed by atoms with Crippen molar-refractivity contribution in [3.63, 3.8) is 0 Å². The van der Waals surface area contributed by atoms with Crippen molar-refractivity contribution in [2.45, 2.75) is 25.7 Å². The molecule has 2 aliphatic heterocycles. The summed E-state index contributed by atoms with van der Waals surface area (Å²) in [5.74, 6) is 1.08. The summed E-state index contributed by atoms with van der Waals surface area (Å²) in [6.45, 7) is 6.90. The van der Waals surface area contributed by atoms with E-state index in [4.69, 9.17) is 0 Å². The fourth-order valence-corrected chi connectivity index (χ4v) is 3.29. The molecule has 14 heavy (non-hydrogen) atoms. The van der Waals surface area contributed by atoms with Crippen molar-refractivity contribution in [1.29, 1.82) is 0 Å². The molecule has 0 bridgehead atoms. The Labute approximate surface area is 87.3 Å². The van der Waals surface area contributed by atoms with Gasteiger partial charge in [0.25, 0.3) is 0 Å². The lowest BCUT2D eigenvalue weighted by molar-refractivity contribution is -0.0320. The predicted molar refractivity (Wildman–Crippen MR) is 58.3 cm³/mol. The van der Waals surface area contributed by atoms with Gasteiger partial charge in [-0.3, -0.25) is 0 Å². The van der Waals surface area contributed by atoms with E-state index in [0.717, 1.165) is 11.3 Å². The third-order valence-electron chi connectivity index (χ3n) is 4.34. The molecule has 0 N–H and O–H groups in total. The molecule has 0 aromatic rings. The van der Waals surface area contributed by atoms with E-state index in [2.05, 4.69) is 16.8 Å². The molecule has 80 valence electrons. The van der Waals surface area contributed by atoms with Crippen LogP contribution in [0.15, 0.2) is 0 Å². The van der Waals surface area contributed by atoms with Gasteiger partial charge in [-0.25, -0.2) is 0 Å². The highest BCUT2D eigenvalue weighted by Gasteiger charge is 2.43. The van der Waals surface area contributed by atoms with Gasteiger partial charge in [-0.1, -0.05) is 0 Å². The minimum absolute atomic E-state index is 0.745. The Morgan fingerprint density at radius 2 is 1.79 bits per heavy atom. The molecule has 2 saturated heterocycles. The third-order valence-corrected chi connectivity index (χ3v) is 4.34. The second-order valence-electron chi connectivity index (χ2n) is 5.92. The van der Waals surface area contributed by atoms with Crippen LogP contribution in [0.1, 0.15) is 25.7 Å². The highest BCUT2D eigenvalue weighted by atomic mass is 15.2. The van der Waals surface area contributed by atoms with E-state index in [1.54, 1.807) is 0 Å². The van der Waals surface area contributed by atoms with Crippen molar-refractivity contribution >= 4 is 0 Å². The standard InChI is InChI=1S/C12H22N2/c1-13-9-12(10-13)4-6-14(7-5-12)8-11-2-3-11/h11H,2-10H2,1H3. The van der Waals surface area contributed by atoms with Crippen LogP contribution in [0.4, 0.5) is 0 Å². The summed E-state index contributed by atoms with van der Waals surface area (Å²) in [7, 11) is 2.25. The van der Waals surface area contributed by atoms with E-state index in [0.29, 0.717) is 0 Å². The van der Waals surface area contributed by atoms with Gasteiger partial charge in [0.1, 0.15) is 0 Å². The van der Waals surface area contributed by atoms with Gasteiger partial charge in [0.15, 0.2) is 0 Å². The Morgan fingerprint density at radius 3 is 2.29 bits per heavy atom. The largest absolute Gasteiger partial charge is 0.305 e. The summed E-state index contributed by atoms with van der Waals surface area (Å²) < 4.78 is 0. The van der Waals surface area contributed by atoms with Crippen LogP contribution >= 0.6 is 0 Å². The van der Waals surface area contributed by atoms with Crippen LogP contribution < -0.4 is 0 Å². The monoisotopic (exact) mass is 194 g/mol. The van der Waals surface area contributed by atoms with Gasteiger partial charge in [0, 0.05) is 19.6 Å². The molecule has 1 spiro atoms. The van der Waals surface area contributed by atoms with Gasteiger partial charge in [0.2, 0.25) is 0 Å². The van der Waals surface area contributed by atoms with Gasteiger partial charge in [-0.05, 0) is 57.2 Å². The minimum atomic E-state index is 0.745. The number of hydrogen-bond acceptors (Lipinski definition) is 2. The van der Waals surface area contributed by atoms with Gasteiger partial charge in [-0.15, -0.1) is 0 Å². The number of piperidine rings is 1. The van der Waals surface area contributed by atoms with Crippen LogP contribution in [-0.4, -0.2) is 49.6 Å². The second kappa shape index (κ2) is 3.21. The van der Waals surface area contributed by atoms with Crippen LogP contribution in [0.3, 0.4) is 0 Å². The molecule has 2 heterocycles. The summed E-state index contributed by atoms with van der Waals surface area (Å²) >= 11 is 0. The van der Waals surface area contributed by atoms with E-state index >= 15 is 0 Å². The molecule has 0 amide bonds. The number of hydrogen-bond donors (Lipinski definition) is 0. The fraction of sp³-hybridized carbons (Fsp3) is 1.00. The second-order valence-corrected chi connectivity index (χ2v) is 5.92. The van der Waals surface area contributed by atoms with Crippen molar-refractivity contribution < 1.29 is 0 Å². The Hall–Kier alpha value is -0.0800. The van der Waals surface area contributed by atoms with Gasteiger partial charge in [-0.2, -0.15) is 0 Å². The smallest absolute Gasteiger partial charge is 0.00484 e. The summed E-state index contributed by atoms with van der Waals surface area (Å²) in [5, 5.41) is 0. The maximum atomic E-state index is 2.71. The van der Waals surface area contributed by atoms with Crippen LogP contribution in [0.25, 0.3) is 0 Å². The van der Waals surface area contributed by atoms with E-state index in [-0.39, 0.29) is 0 Å². The first-order valence-electron chi connectivity index (χ1n) is 6.17. The molecule has 1 aliphatic carbocycles. The molecule has 0 unspecified atom stereocenters. The van der Waals surface area contributed by atoms with E-state index in [1.165, 1.54) is 58.4 Å². The summed E-state index contributed by atoms with van der Waals surface area (Å²) in [6.07, 6.45) is 5.93. The normalized spacial score (nSPS) is 33.2. The molecule has 1 saturated carbocycles. The lowest BCUT2D eigenvalue weighted by Crippen LogP contribution is -2.58. The number of rotatable bonds is 2. The topological polar surface area (TPSA) is 6.48 Å². The number of nitrogens with zero attached hydrogens (tertiary/aromatic N) is 2. The molecule has 3 aliphatic rings. The summed E-state index contributed by atoms with van der Waals surface area (Å²) in [5.41, 5.74) is 0.745. The van der Waals surface area contributed by atoms with E-state index in [9.17, 15) is 0 Å². The van der Waals surface area contributed by atoms with Crippen molar-refractivity contribution in [1.82, 2.24) is 9.80 Å². The molecular weight excluding hydrogens is 172 g/mol. The van der Waals surface area contributed by atoms with Crippen LogP contribution in [0.5, 0.6) is 0 Å². The molecule has 0 aromatic carbocycles. The fourth-order valence-electron chi connectivity index (χ4n) is 3.29. The zero-order chi connectivity index (χ0) is 9.60. The van der Waals surface area contributed by atoms with E-state index < -0.39 is 0 Å². The van der Waals surface area contributed by atoms with Crippen molar-refractivity contribution in [2.24, 2.45) is 11.3 Å². The average Bonchev–Trinajstić information content (AvgIpc) is 2.90. The van der Waals surface area contributed by atoms with Gasteiger partial charge in [0.05, 0.1) is 0 Å². The maximum Gasteiger partial charge on any atom is 0.00484 e. The van der Waals surface area contributed by atoms with Crippen LogP contribution in [0, 0.1) is 11.3 Å². The van der Waals surface area contributed by atoms with Gasteiger partial charge < -0.3 is 9.80 Å². The third kappa shape index (κ3) is 1.70. The Morgan fingerprint density at radius 1 is 1.14 bits per heavy atom. The SMILES string of the molecule is CN1CC2(CCN(CC3CC3)CC2)C1. The summed E-state index contributed by atoms with van der Waals surface area (Å²) in [4.78, 5) is 5.18. The first-order chi connectivity index (χ1) is 6.76. The Kier molecular flexibility index (Phi) is 2.10. The molecule has 0 atom stereocenters. The van der Waals surface area contributed by atoms with Crippen molar-refractivity contribution in [3.8, 4) is 0 Å². The summed E-state index contributed by atoms with van der Waals surface area (Å²) in [6, 6.07) is 0. The molecule has 3 rings (SSSR count). The van der Waals surface area contributed by atoms with Gasteiger partial charge >= 0.3 is 0 Å². The lowest BCUT2D eigenvalue weighted by atomic mass is 9.72. The van der Waals surface area contributed by atoms with Crippen LogP contribution in [0.2, 0.25) is 0 Å². The number of likely N-dealkylation sites (tertiary alicyclic amines) is 2. The Bertz CT molecular complexity index is 206. The predicted octanol–water partition coefficient (Wildman–Crippen LogP) is 1.42. The highest BCUT2D eigenvalue weighted by molar-refractivity contribution is 4.97. The zero-order valence-corrected chi connectivity index (χ0v) is 9.34. The first kappa shape index (κ1) is 9.17. The average molecular weight is 194 g/mol. The lowest BCUT2D eigenvalue weighted by Gasteiger charge is -2.53. The molecule has 0 radical (unpaired) electrons.